The van der Waals surface area contributed by atoms with Gasteiger partial charge in [-0.15, -0.1) is 0 Å². The highest BCUT2D eigenvalue weighted by Gasteiger charge is 2.13. The number of carbonyl (C=O) groups is 2. The lowest BCUT2D eigenvalue weighted by Crippen LogP contribution is -2.09. The van der Waals surface area contributed by atoms with Gasteiger partial charge in [-0.2, -0.15) is 0 Å². The Bertz CT molecular complexity index is 1100. The highest BCUT2D eigenvalue weighted by atomic mass is 16.5. The maximum absolute atomic E-state index is 12.7. The fraction of sp³-hybridized carbons (Fsp3) is 0.120. The number of hydrogen-bond donors (Lipinski definition) is 0. The molecule has 0 spiro atoms. The van der Waals surface area contributed by atoms with Crippen molar-refractivity contribution in [3.8, 4) is 23.0 Å². The molecule has 0 aliphatic rings. The second kappa shape index (κ2) is 10.1. The third-order valence-corrected chi connectivity index (χ3v) is 4.53. The number of hydrogen-bond acceptors (Lipinski definition) is 6. The van der Waals surface area contributed by atoms with Crippen LogP contribution >= 0.6 is 0 Å². The second-order valence-corrected chi connectivity index (χ2v) is 6.42. The molecular weight excluding hydrogens is 396 g/mol. The van der Waals surface area contributed by atoms with Crippen molar-refractivity contribution in [1.82, 2.24) is 0 Å². The number of rotatable bonds is 8. The predicted octanol–water partition coefficient (Wildman–Crippen LogP) is 4.83. The van der Waals surface area contributed by atoms with Crippen molar-refractivity contribution in [3.63, 3.8) is 0 Å². The van der Waals surface area contributed by atoms with Gasteiger partial charge < -0.3 is 18.9 Å². The van der Waals surface area contributed by atoms with Gasteiger partial charge >= 0.3 is 5.97 Å². The second-order valence-electron chi connectivity index (χ2n) is 6.42. The van der Waals surface area contributed by atoms with E-state index in [0.717, 1.165) is 0 Å². The van der Waals surface area contributed by atoms with Crippen molar-refractivity contribution in [1.29, 1.82) is 0 Å². The van der Waals surface area contributed by atoms with Crippen LogP contribution in [-0.2, 0) is 0 Å². The van der Waals surface area contributed by atoms with Crippen molar-refractivity contribution >= 4 is 17.8 Å². The molecule has 0 N–H and O–H groups in total. The Morgan fingerprint density at radius 3 is 2.10 bits per heavy atom. The van der Waals surface area contributed by atoms with E-state index in [2.05, 4.69) is 0 Å². The average Bonchev–Trinajstić information content (AvgIpc) is 2.82. The normalized spacial score (nSPS) is 10.5. The molecule has 0 aliphatic heterocycles. The Morgan fingerprint density at radius 1 is 0.742 bits per heavy atom. The molecule has 3 aromatic carbocycles. The van der Waals surface area contributed by atoms with Gasteiger partial charge in [0, 0.05) is 5.56 Å². The topological polar surface area (TPSA) is 71.1 Å². The number of allylic oxidation sites excluding steroid dienone is 1. The third kappa shape index (κ3) is 5.30. The van der Waals surface area contributed by atoms with E-state index in [4.69, 9.17) is 18.9 Å². The largest absolute Gasteiger partial charge is 0.497 e. The molecule has 0 heterocycles. The maximum Gasteiger partial charge on any atom is 0.343 e. The van der Waals surface area contributed by atoms with E-state index in [0.29, 0.717) is 39.7 Å². The summed E-state index contributed by atoms with van der Waals surface area (Å²) in [6.45, 7) is 0. The summed E-state index contributed by atoms with van der Waals surface area (Å²) in [5.74, 6) is 1.19. The predicted molar refractivity (Wildman–Crippen MR) is 117 cm³/mol. The van der Waals surface area contributed by atoms with E-state index in [1.54, 1.807) is 79.9 Å². The SMILES string of the molecule is COc1ccc(C(=O)Oc2ccccc2C=CC(=O)c2cc(OC)ccc2OC)cc1. The monoisotopic (exact) mass is 418 g/mol. The summed E-state index contributed by atoms with van der Waals surface area (Å²) >= 11 is 0. The van der Waals surface area contributed by atoms with Crippen LogP contribution < -0.4 is 18.9 Å². The van der Waals surface area contributed by atoms with Crippen molar-refractivity contribution < 1.29 is 28.5 Å². The van der Waals surface area contributed by atoms with Gasteiger partial charge in [-0.05, 0) is 60.7 Å². The Hall–Kier alpha value is -4.06. The molecule has 0 bridgehead atoms. The lowest BCUT2D eigenvalue weighted by Gasteiger charge is -2.09. The molecule has 31 heavy (non-hydrogen) atoms. The molecule has 0 unspecified atom stereocenters. The first-order valence-electron chi connectivity index (χ1n) is 9.45. The summed E-state index contributed by atoms with van der Waals surface area (Å²) in [5, 5.41) is 0. The summed E-state index contributed by atoms with van der Waals surface area (Å²) in [6, 6.07) is 18.6. The quantitative estimate of drug-likeness (QED) is 0.226. The number of benzene rings is 3. The van der Waals surface area contributed by atoms with E-state index in [-0.39, 0.29) is 5.78 Å². The molecule has 0 fully saturated rings. The van der Waals surface area contributed by atoms with Crippen molar-refractivity contribution in [2.75, 3.05) is 21.3 Å². The van der Waals surface area contributed by atoms with Crippen LogP contribution in [0.25, 0.3) is 6.08 Å². The van der Waals surface area contributed by atoms with E-state index in [9.17, 15) is 9.59 Å². The highest BCUT2D eigenvalue weighted by Crippen LogP contribution is 2.26. The molecule has 6 heteroatoms. The van der Waals surface area contributed by atoms with Crippen LogP contribution in [0.3, 0.4) is 0 Å². The summed E-state index contributed by atoms with van der Waals surface area (Å²) < 4.78 is 21.1. The molecule has 0 saturated carbocycles. The number of ether oxygens (including phenoxy) is 4. The molecule has 3 rings (SSSR count). The zero-order valence-corrected chi connectivity index (χ0v) is 17.5. The van der Waals surface area contributed by atoms with Crippen LogP contribution in [0.5, 0.6) is 23.0 Å². The molecule has 0 radical (unpaired) electrons. The van der Waals surface area contributed by atoms with Crippen LogP contribution in [0.15, 0.2) is 72.8 Å². The van der Waals surface area contributed by atoms with Crippen LogP contribution in [-0.4, -0.2) is 33.1 Å². The molecule has 0 aromatic heterocycles. The minimum Gasteiger partial charge on any atom is -0.497 e. The first-order valence-corrected chi connectivity index (χ1v) is 9.45. The van der Waals surface area contributed by atoms with E-state index in [1.807, 2.05) is 0 Å². The third-order valence-electron chi connectivity index (χ3n) is 4.53. The fourth-order valence-electron chi connectivity index (χ4n) is 2.86. The van der Waals surface area contributed by atoms with E-state index < -0.39 is 5.97 Å². The van der Waals surface area contributed by atoms with Crippen LogP contribution in [0.1, 0.15) is 26.3 Å². The Morgan fingerprint density at radius 2 is 1.42 bits per heavy atom. The summed E-state index contributed by atoms with van der Waals surface area (Å²) in [7, 11) is 4.58. The van der Waals surface area contributed by atoms with Crippen LogP contribution in [0, 0.1) is 0 Å². The van der Waals surface area contributed by atoms with Gasteiger partial charge in [0.15, 0.2) is 5.78 Å². The standard InChI is InChI=1S/C25H22O6/c1-28-19-11-8-18(9-12-19)25(27)31-23-7-5-4-6-17(23)10-14-22(26)21-16-20(29-2)13-15-24(21)30-3/h4-16H,1-3H3. The Kier molecular flexibility index (Phi) is 7.06. The number of para-hydroxylation sites is 1. The molecule has 3 aromatic rings. The molecule has 0 amide bonds. The molecule has 6 nitrogen and oxygen atoms in total. The highest BCUT2D eigenvalue weighted by molar-refractivity contribution is 6.09. The van der Waals surface area contributed by atoms with Gasteiger partial charge in [0.25, 0.3) is 0 Å². The summed E-state index contributed by atoms with van der Waals surface area (Å²) in [5.41, 5.74) is 1.34. The Labute approximate surface area is 180 Å². The van der Waals surface area contributed by atoms with Gasteiger partial charge in [0.1, 0.15) is 23.0 Å². The van der Waals surface area contributed by atoms with Crippen molar-refractivity contribution in [3.05, 3.63) is 89.5 Å². The van der Waals surface area contributed by atoms with Gasteiger partial charge in [-0.3, -0.25) is 4.79 Å². The zero-order valence-electron chi connectivity index (χ0n) is 17.5. The van der Waals surface area contributed by atoms with Crippen LogP contribution in [0.4, 0.5) is 0 Å². The molecule has 0 aliphatic carbocycles. The summed E-state index contributed by atoms with van der Waals surface area (Å²) in [4.78, 5) is 25.2. The van der Waals surface area contributed by atoms with Crippen LogP contribution in [0.2, 0.25) is 0 Å². The maximum atomic E-state index is 12.7. The first-order chi connectivity index (χ1) is 15.0. The van der Waals surface area contributed by atoms with Crippen molar-refractivity contribution in [2.24, 2.45) is 0 Å². The lowest BCUT2D eigenvalue weighted by atomic mass is 10.1. The smallest absolute Gasteiger partial charge is 0.343 e. The van der Waals surface area contributed by atoms with E-state index in [1.165, 1.54) is 20.3 Å². The minimum atomic E-state index is -0.510. The molecular formula is C25H22O6. The van der Waals surface area contributed by atoms with E-state index >= 15 is 0 Å². The zero-order chi connectivity index (χ0) is 22.2. The average molecular weight is 418 g/mol. The molecule has 0 atom stereocenters. The lowest BCUT2D eigenvalue weighted by molar-refractivity contribution is 0.0734. The number of ketones is 1. The van der Waals surface area contributed by atoms with Gasteiger partial charge in [-0.25, -0.2) is 4.79 Å². The van der Waals surface area contributed by atoms with Gasteiger partial charge in [0.05, 0.1) is 32.5 Å². The minimum absolute atomic E-state index is 0.271. The first kappa shape index (κ1) is 21.6. The number of methoxy groups -OCH3 is 3. The summed E-state index contributed by atoms with van der Waals surface area (Å²) in [6.07, 6.45) is 3.00. The fourth-order valence-corrected chi connectivity index (χ4v) is 2.86. The number of carbonyl (C=O) groups excluding carboxylic acids is 2. The van der Waals surface area contributed by atoms with Gasteiger partial charge in [0.2, 0.25) is 0 Å². The molecule has 0 saturated heterocycles. The molecule has 158 valence electrons. The number of esters is 1. The Balaban J connectivity index is 1.81. The van der Waals surface area contributed by atoms with Gasteiger partial charge in [-0.1, -0.05) is 18.2 Å². The van der Waals surface area contributed by atoms with Crippen molar-refractivity contribution in [2.45, 2.75) is 0 Å².